The first-order valence-corrected chi connectivity index (χ1v) is 9.53. The van der Waals surface area contributed by atoms with Crippen molar-refractivity contribution in [2.45, 2.75) is 57.5 Å². The van der Waals surface area contributed by atoms with Gasteiger partial charge in [-0.15, -0.1) is 0 Å². The Labute approximate surface area is 154 Å². The zero-order valence-corrected chi connectivity index (χ0v) is 15.5. The maximum atomic E-state index is 13.0. The van der Waals surface area contributed by atoms with E-state index in [0.29, 0.717) is 11.1 Å². The summed E-state index contributed by atoms with van der Waals surface area (Å²) in [7, 11) is 0. The molecule has 1 aromatic rings. The summed E-state index contributed by atoms with van der Waals surface area (Å²) in [5.74, 6) is 0.122. The zero-order valence-electron chi connectivity index (χ0n) is 14.7. The molecule has 2 aliphatic rings. The number of likely N-dealkylation sites (tertiary alicyclic amines) is 1. The van der Waals surface area contributed by atoms with Crippen LogP contribution in [0.15, 0.2) is 24.3 Å². The minimum Gasteiger partial charge on any atom is -0.343 e. The summed E-state index contributed by atoms with van der Waals surface area (Å²) in [6.45, 7) is 3.08. The van der Waals surface area contributed by atoms with Crippen molar-refractivity contribution in [2.24, 2.45) is 0 Å². The molecule has 5 nitrogen and oxygen atoms in total. The lowest BCUT2D eigenvalue weighted by atomic mass is 10.0. The summed E-state index contributed by atoms with van der Waals surface area (Å²) in [5, 5.41) is 3.68. The number of carbonyl (C=O) groups is 2. The molecule has 0 bridgehead atoms. The molecule has 2 fully saturated rings. The Hall–Kier alpha value is -1.75. The first-order chi connectivity index (χ1) is 12.0. The number of rotatable bonds is 3. The molecule has 0 spiro atoms. The highest BCUT2D eigenvalue weighted by Crippen LogP contribution is 2.29. The van der Waals surface area contributed by atoms with Gasteiger partial charge in [-0.25, -0.2) is 4.79 Å². The number of piperidine rings is 1. The van der Waals surface area contributed by atoms with E-state index in [9.17, 15) is 9.59 Å². The number of carbonyl (C=O) groups excluding carboxylic acids is 2. The van der Waals surface area contributed by atoms with Crippen LogP contribution < -0.4 is 5.32 Å². The van der Waals surface area contributed by atoms with Crippen molar-refractivity contribution in [3.8, 4) is 0 Å². The van der Waals surface area contributed by atoms with E-state index in [0.717, 1.165) is 44.5 Å². The molecule has 0 aromatic heterocycles. The van der Waals surface area contributed by atoms with Gasteiger partial charge in [-0.05, 0) is 49.9 Å². The lowest BCUT2D eigenvalue weighted by Gasteiger charge is -2.41. The van der Waals surface area contributed by atoms with Crippen LogP contribution in [0.2, 0.25) is 5.02 Å². The van der Waals surface area contributed by atoms with Crippen LogP contribution in [0.5, 0.6) is 0 Å². The predicted octanol–water partition coefficient (Wildman–Crippen LogP) is 4.13. The molecule has 1 aromatic carbocycles. The average molecular weight is 364 g/mol. The van der Waals surface area contributed by atoms with Crippen molar-refractivity contribution >= 4 is 29.2 Å². The minimum atomic E-state index is -0.0319. The number of amides is 3. The van der Waals surface area contributed by atoms with Crippen molar-refractivity contribution in [1.82, 2.24) is 9.80 Å². The summed E-state index contributed by atoms with van der Waals surface area (Å²) in [6, 6.07) is 7.68. The van der Waals surface area contributed by atoms with Crippen LogP contribution in [-0.4, -0.2) is 46.9 Å². The fourth-order valence-electron chi connectivity index (χ4n) is 3.99. The van der Waals surface area contributed by atoms with Crippen LogP contribution in [0.25, 0.3) is 0 Å². The van der Waals surface area contributed by atoms with E-state index in [2.05, 4.69) is 10.2 Å². The molecule has 136 valence electrons. The van der Waals surface area contributed by atoms with Gasteiger partial charge in [0.2, 0.25) is 5.91 Å². The normalized spacial score (nSPS) is 19.0. The van der Waals surface area contributed by atoms with Crippen molar-refractivity contribution in [1.29, 1.82) is 0 Å². The van der Waals surface area contributed by atoms with Crippen LogP contribution in [-0.2, 0) is 4.79 Å². The van der Waals surface area contributed by atoms with Gasteiger partial charge < -0.3 is 15.1 Å². The molecule has 0 unspecified atom stereocenters. The standard InChI is InChI=1S/C19H26ClN3O2/c1-14(24)22-12-10-18(11-13-22)23(17-4-2-3-5-17)19(25)21-16-8-6-15(20)7-9-16/h6-9,17-18H,2-5,10-13H2,1H3,(H,21,25). The molecular formula is C19H26ClN3O2. The zero-order chi connectivity index (χ0) is 17.8. The SMILES string of the molecule is CC(=O)N1CCC(N(C(=O)Nc2ccc(Cl)cc2)C2CCCC2)CC1. The van der Waals surface area contributed by atoms with Crippen LogP contribution in [0.1, 0.15) is 45.4 Å². The van der Waals surface area contributed by atoms with E-state index in [-0.39, 0.29) is 18.0 Å². The van der Waals surface area contributed by atoms with E-state index in [1.165, 1.54) is 12.8 Å². The van der Waals surface area contributed by atoms with Gasteiger partial charge in [-0.3, -0.25) is 4.79 Å². The summed E-state index contributed by atoms with van der Waals surface area (Å²) in [4.78, 5) is 28.5. The van der Waals surface area contributed by atoms with Gasteiger partial charge in [-0.1, -0.05) is 24.4 Å². The molecule has 1 saturated heterocycles. The highest BCUT2D eigenvalue weighted by Gasteiger charge is 2.35. The second-order valence-corrected chi connectivity index (χ2v) is 7.46. The summed E-state index contributed by atoms with van der Waals surface area (Å²) in [6.07, 6.45) is 6.21. The molecule has 1 saturated carbocycles. The first-order valence-electron chi connectivity index (χ1n) is 9.15. The number of nitrogens with one attached hydrogen (secondary N) is 1. The third-order valence-electron chi connectivity index (χ3n) is 5.35. The molecule has 0 atom stereocenters. The smallest absolute Gasteiger partial charge is 0.322 e. The third-order valence-corrected chi connectivity index (χ3v) is 5.60. The van der Waals surface area contributed by atoms with Gasteiger partial charge in [0.1, 0.15) is 0 Å². The lowest BCUT2D eigenvalue weighted by Crippen LogP contribution is -2.53. The van der Waals surface area contributed by atoms with Gasteiger partial charge in [0.25, 0.3) is 0 Å². The molecular weight excluding hydrogens is 338 g/mol. The first kappa shape index (κ1) is 18.1. The second kappa shape index (κ2) is 8.09. The van der Waals surface area contributed by atoms with Crippen molar-refractivity contribution in [3.05, 3.63) is 29.3 Å². The lowest BCUT2D eigenvalue weighted by molar-refractivity contribution is -0.130. The number of urea groups is 1. The predicted molar refractivity (Wildman–Crippen MR) is 99.8 cm³/mol. The molecule has 1 aliphatic heterocycles. The van der Waals surface area contributed by atoms with E-state index in [1.54, 1.807) is 19.1 Å². The van der Waals surface area contributed by atoms with Crippen molar-refractivity contribution in [2.75, 3.05) is 18.4 Å². The number of hydrogen-bond donors (Lipinski definition) is 1. The Morgan fingerprint density at radius 1 is 1.04 bits per heavy atom. The second-order valence-electron chi connectivity index (χ2n) is 7.02. The largest absolute Gasteiger partial charge is 0.343 e. The maximum Gasteiger partial charge on any atom is 0.322 e. The van der Waals surface area contributed by atoms with Gasteiger partial charge >= 0.3 is 6.03 Å². The monoisotopic (exact) mass is 363 g/mol. The highest BCUT2D eigenvalue weighted by atomic mass is 35.5. The number of nitrogens with zero attached hydrogens (tertiary/aromatic N) is 2. The van der Waals surface area contributed by atoms with Gasteiger partial charge in [0.05, 0.1) is 0 Å². The molecule has 0 radical (unpaired) electrons. The quantitative estimate of drug-likeness (QED) is 0.877. The van der Waals surface area contributed by atoms with Gasteiger partial charge in [-0.2, -0.15) is 0 Å². The Kier molecular flexibility index (Phi) is 5.84. The fourth-order valence-corrected chi connectivity index (χ4v) is 4.12. The number of hydrogen-bond acceptors (Lipinski definition) is 2. The van der Waals surface area contributed by atoms with Crippen LogP contribution in [0.3, 0.4) is 0 Å². The fraction of sp³-hybridized carbons (Fsp3) is 0.579. The van der Waals surface area contributed by atoms with E-state index >= 15 is 0 Å². The van der Waals surface area contributed by atoms with Crippen LogP contribution in [0.4, 0.5) is 10.5 Å². The third kappa shape index (κ3) is 4.46. The van der Waals surface area contributed by atoms with E-state index < -0.39 is 0 Å². The molecule has 6 heteroatoms. The van der Waals surface area contributed by atoms with E-state index in [4.69, 9.17) is 11.6 Å². The van der Waals surface area contributed by atoms with Crippen molar-refractivity contribution in [3.63, 3.8) is 0 Å². The molecule has 3 amide bonds. The highest BCUT2D eigenvalue weighted by molar-refractivity contribution is 6.30. The molecule has 1 aliphatic carbocycles. The summed E-state index contributed by atoms with van der Waals surface area (Å²) >= 11 is 5.92. The summed E-state index contributed by atoms with van der Waals surface area (Å²) < 4.78 is 0. The minimum absolute atomic E-state index is 0.0319. The Morgan fingerprint density at radius 2 is 1.60 bits per heavy atom. The van der Waals surface area contributed by atoms with Crippen molar-refractivity contribution < 1.29 is 9.59 Å². The molecule has 3 rings (SSSR count). The molecule has 25 heavy (non-hydrogen) atoms. The van der Waals surface area contributed by atoms with Gasteiger partial charge in [0, 0.05) is 42.8 Å². The van der Waals surface area contributed by atoms with Crippen LogP contribution >= 0.6 is 11.6 Å². The number of anilines is 1. The topological polar surface area (TPSA) is 52.7 Å². The molecule has 1 heterocycles. The maximum absolute atomic E-state index is 13.0. The Bertz CT molecular complexity index is 606. The Morgan fingerprint density at radius 3 is 2.16 bits per heavy atom. The summed E-state index contributed by atoms with van der Waals surface area (Å²) in [5.41, 5.74) is 0.763. The van der Waals surface area contributed by atoms with Crippen LogP contribution in [0, 0.1) is 0 Å². The van der Waals surface area contributed by atoms with Gasteiger partial charge in [0.15, 0.2) is 0 Å². The number of halogens is 1. The molecule has 1 N–H and O–H groups in total. The number of benzene rings is 1. The van der Waals surface area contributed by atoms with E-state index in [1.807, 2.05) is 17.0 Å². The Balaban J connectivity index is 1.70. The average Bonchev–Trinajstić information content (AvgIpc) is 3.12.